The van der Waals surface area contributed by atoms with Crippen LogP contribution in [0.4, 0.5) is 4.39 Å². The molecule has 1 aromatic heterocycles. The van der Waals surface area contributed by atoms with E-state index in [-0.39, 0.29) is 34.0 Å². The molecular formula is C28H27Cl2FN4O2. The van der Waals surface area contributed by atoms with Crippen molar-refractivity contribution < 1.29 is 13.9 Å². The van der Waals surface area contributed by atoms with Gasteiger partial charge in [0.2, 0.25) is 0 Å². The van der Waals surface area contributed by atoms with E-state index in [1.54, 1.807) is 34.8 Å². The lowest BCUT2D eigenvalue weighted by Crippen LogP contribution is -2.45. The van der Waals surface area contributed by atoms with Crippen LogP contribution in [0.1, 0.15) is 28.8 Å². The quantitative estimate of drug-likeness (QED) is 0.420. The second-order valence-electron chi connectivity index (χ2n) is 9.84. The van der Waals surface area contributed by atoms with Crippen molar-refractivity contribution in [3.8, 4) is 0 Å². The SMILES string of the molecule is Cn1cc(Cl)c2c(F)c(C(=O)N3C[C@@H](N4CCOCC4)C[C@H]3C3=NC(Cl)=C(c4ccccc4)C3)ccc21. The molecule has 2 aromatic carbocycles. The first kappa shape index (κ1) is 24.6. The number of hydrogen-bond acceptors (Lipinski definition) is 4. The number of likely N-dealkylation sites (tertiary alicyclic amines) is 1. The predicted molar refractivity (Wildman–Crippen MR) is 145 cm³/mol. The summed E-state index contributed by atoms with van der Waals surface area (Å²) in [6, 6.07) is 13.1. The van der Waals surface area contributed by atoms with Crippen LogP contribution in [0.5, 0.6) is 0 Å². The van der Waals surface area contributed by atoms with Crippen molar-refractivity contribution in [1.82, 2.24) is 14.4 Å². The summed E-state index contributed by atoms with van der Waals surface area (Å²) in [4.78, 5) is 22.8. The molecule has 0 unspecified atom stereocenters. The Balaban J connectivity index is 1.33. The van der Waals surface area contributed by atoms with E-state index in [1.807, 2.05) is 30.3 Å². The average molecular weight is 541 g/mol. The molecule has 0 spiro atoms. The van der Waals surface area contributed by atoms with E-state index in [2.05, 4.69) is 4.90 Å². The van der Waals surface area contributed by atoms with Gasteiger partial charge in [-0.15, -0.1) is 0 Å². The van der Waals surface area contributed by atoms with Gasteiger partial charge in [0.05, 0.1) is 40.7 Å². The maximum absolute atomic E-state index is 15.7. The summed E-state index contributed by atoms with van der Waals surface area (Å²) in [5.74, 6) is -0.941. The number of carbonyl (C=O) groups is 1. The number of morpholine rings is 1. The summed E-state index contributed by atoms with van der Waals surface area (Å²) in [6.07, 6.45) is 2.93. The molecule has 6 rings (SSSR count). The van der Waals surface area contributed by atoms with E-state index in [0.717, 1.165) is 29.9 Å². The first-order valence-corrected chi connectivity index (χ1v) is 13.2. The summed E-state index contributed by atoms with van der Waals surface area (Å²) in [7, 11) is 1.80. The van der Waals surface area contributed by atoms with E-state index in [0.29, 0.717) is 43.3 Å². The fourth-order valence-corrected chi connectivity index (χ4v) is 6.42. The van der Waals surface area contributed by atoms with Gasteiger partial charge in [0.1, 0.15) is 11.0 Å². The predicted octanol–water partition coefficient (Wildman–Crippen LogP) is 5.34. The molecule has 3 aliphatic rings. The second-order valence-corrected chi connectivity index (χ2v) is 10.6. The van der Waals surface area contributed by atoms with Crippen molar-refractivity contribution in [2.75, 3.05) is 32.8 Å². The molecular weight excluding hydrogens is 514 g/mol. The molecule has 2 saturated heterocycles. The molecule has 1 amide bonds. The molecule has 9 heteroatoms. The molecule has 6 nitrogen and oxygen atoms in total. The summed E-state index contributed by atoms with van der Waals surface area (Å²) >= 11 is 12.9. The van der Waals surface area contributed by atoms with Crippen molar-refractivity contribution >= 4 is 51.3 Å². The Bertz CT molecular complexity index is 1430. The van der Waals surface area contributed by atoms with Crippen LogP contribution >= 0.6 is 23.2 Å². The molecule has 0 radical (unpaired) electrons. The number of amides is 1. The highest BCUT2D eigenvalue weighted by Crippen LogP contribution is 2.37. The Labute approximate surface area is 224 Å². The normalized spacial score (nSPS) is 22.8. The highest BCUT2D eigenvalue weighted by Gasteiger charge is 2.43. The van der Waals surface area contributed by atoms with Gasteiger partial charge in [-0.2, -0.15) is 0 Å². The van der Waals surface area contributed by atoms with Gasteiger partial charge < -0.3 is 14.2 Å². The van der Waals surface area contributed by atoms with Crippen LogP contribution < -0.4 is 0 Å². The molecule has 2 fully saturated rings. The third-order valence-electron chi connectivity index (χ3n) is 7.73. The average Bonchev–Trinajstić information content (AvgIpc) is 3.60. The lowest BCUT2D eigenvalue weighted by molar-refractivity contribution is 0.0185. The van der Waals surface area contributed by atoms with Crippen LogP contribution in [0.25, 0.3) is 16.5 Å². The molecule has 0 saturated carbocycles. The van der Waals surface area contributed by atoms with E-state index in [1.165, 1.54) is 0 Å². The van der Waals surface area contributed by atoms with Crippen molar-refractivity contribution in [3.63, 3.8) is 0 Å². The van der Waals surface area contributed by atoms with Crippen LogP contribution in [0, 0.1) is 5.82 Å². The lowest BCUT2D eigenvalue weighted by Gasteiger charge is -2.32. The number of rotatable bonds is 4. The van der Waals surface area contributed by atoms with Gasteiger partial charge in [0.15, 0.2) is 0 Å². The number of fused-ring (bicyclic) bond motifs is 1. The maximum Gasteiger partial charge on any atom is 0.257 e. The van der Waals surface area contributed by atoms with Crippen LogP contribution in [0.3, 0.4) is 0 Å². The monoisotopic (exact) mass is 540 g/mol. The minimum Gasteiger partial charge on any atom is -0.379 e. The molecule has 3 aliphatic heterocycles. The van der Waals surface area contributed by atoms with Crippen molar-refractivity contribution in [2.45, 2.75) is 24.9 Å². The summed E-state index contributed by atoms with van der Waals surface area (Å²) < 4.78 is 23.0. The lowest BCUT2D eigenvalue weighted by atomic mass is 9.97. The highest BCUT2D eigenvalue weighted by molar-refractivity contribution is 6.36. The first-order valence-electron chi connectivity index (χ1n) is 12.5. The zero-order valence-electron chi connectivity index (χ0n) is 20.5. The minimum absolute atomic E-state index is 0.0224. The second kappa shape index (κ2) is 9.87. The number of hydrogen-bond donors (Lipinski definition) is 0. The van der Waals surface area contributed by atoms with Crippen molar-refractivity contribution in [1.29, 1.82) is 0 Å². The number of aryl methyl sites for hydroxylation is 1. The summed E-state index contributed by atoms with van der Waals surface area (Å²) in [5, 5.41) is 1.01. The first-order chi connectivity index (χ1) is 17.9. The van der Waals surface area contributed by atoms with E-state index < -0.39 is 5.82 Å². The number of benzene rings is 2. The van der Waals surface area contributed by atoms with Gasteiger partial charge >= 0.3 is 0 Å². The smallest absolute Gasteiger partial charge is 0.257 e. The number of nitrogens with zero attached hydrogens (tertiary/aromatic N) is 4. The molecule has 3 aromatic rings. The van der Waals surface area contributed by atoms with Crippen molar-refractivity contribution in [2.24, 2.45) is 12.0 Å². The van der Waals surface area contributed by atoms with Crippen LogP contribution in [0.2, 0.25) is 5.02 Å². The molecule has 0 bridgehead atoms. The van der Waals surface area contributed by atoms with Gasteiger partial charge in [-0.3, -0.25) is 9.69 Å². The van der Waals surface area contributed by atoms with E-state index >= 15 is 4.39 Å². The zero-order valence-corrected chi connectivity index (χ0v) is 22.0. The van der Waals surface area contributed by atoms with Gasteiger partial charge in [-0.05, 0) is 24.1 Å². The number of halogens is 3. The largest absolute Gasteiger partial charge is 0.379 e. The Morgan fingerprint density at radius 1 is 1.11 bits per heavy atom. The van der Waals surface area contributed by atoms with Crippen LogP contribution in [-0.2, 0) is 11.8 Å². The summed E-state index contributed by atoms with van der Waals surface area (Å²) in [5.41, 5.74) is 3.47. The number of aromatic nitrogens is 1. The Morgan fingerprint density at radius 3 is 2.62 bits per heavy atom. The number of allylic oxidation sites excluding steroid dienone is 1. The Kier molecular flexibility index (Phi) is 6.57. The topological polar surface area (TPSA) is 50.1 Å². The number of carbonyl (C=O) groups excluding carboxylic acids is 1. The summed E-state index contributed by atoms with van der Waals surface area (Å²) in [6.45, 7) is 3.43. The number of aliphatic imine (C=N–C) groups is 1. The molecule has 4 heterocycles. The molecule has 0 aliphatic carbocycles. The third kappa shape index (κ3) is 4.38. The third-order valence-corrected chi connectivity index (χ3v) is 8.33. The fourth-order valence-electron chi connectivity index (χ4n) is 5.81. The van der Waals surface area contributed by atoms with Crippen molar-refractivity contribution in [3.05, 3.63) is 75.8 Å². The van der Waals surface area contributed by atoms with E-state index in [4.69, 9.17) is 32.9 Å². The van der Waals surface area contributed by atoms with Gasteiger partial charge in [-0.1, -0.05) is 53.5 Å². The van der Waals surface area contributed by atoms with Crippen LogP contribution in [0.15, 0.2) is 58.8 Å². The van der Waals surface area contributed by atoms with Crippen LogP contribution in [-0.4, -0.2) is 70.9 Å². The Morgan fingerprint density at radius 2 is 1.86 bits per heavy atom. The number of ether oxygens (including phenoxy) is 1. The zero-order chi connectivity index (χ0) is 25.7. The van der Waals surface area contributed by atoms with E-state index in [9.17, 15) is 4.79 Å². The van der Waals surface area contributed by atoms with Gasteiger partial charge in [0.25, 0.3) is 5.91 Å². The van der Waals surface area contributed by atoms with Gasteiger partial charge in [-0.25, -0.2) is 9.38 Å². The highest BCUT2D eigenvalue weighted by atomic mass is 35.5. The molecule has 192 valence electrons. The molecule has 37 heavy (non-hydrogen) atoms. The molecule has 2 atom stereocenters. The fraction of sp³-hybridized carbons (Fsp3) is 0.357. The standard InChI is InChI=1S/C28H27Cl2FN4O2/c1-33-16-21(29)25-23(33)8-7-19(26(25)31)28(36)35-15-18(34-9-11-37-12-10-34)13-24(35)22-14-20(27(30)32-22)17-5-3-2-4-6-17/h2-8,16,18,24H,9-15H2,1H3/t18-,24-/m0/s1. The minimum atomic E-state index is -0.587. The molecule has 0 N–H and O–H groups in total. The maximum atomic E-state index is 15.7. The van der Waals surface area contributed by atoms with Gasteiger partial charge in [0, 0.05) is 56.6 Å². The Hall–Kier alpha value is -2.71.